The molecule has 1 unspecified atom stereocenters. The van der Waals surface area contributed by atoms with Gasteiger partial charge in [0, 0.05) is 17.6 Å². The Balaban J connectivity index is 2.02. The van der Waals surface area contributed by atoms with Crippen molar-refractivity contribution in [1.29, 1.82) is 0 Å². The van der Waals surface area contributed by atoms with E-state index in [0.717, 1.165) is 37.1 Å². The van der Waals surface area contributed by atoms with E-state index in [1.54, 1.807) is 11.3 Å². The second kappa shape index (κ2) is 6.88. The van der Waals surface area contributed by atoms with Crippen LogP contribution < -0.4 is 11.1 Å². The van der Waals surface area contributed by atoms with Crippen LogP contribution in [0.25, 0.3) is 0 Å². The van der Waals surface area contributed by atoms with Crippen LogP contribution >= 0.6 is 11.3 Å². The van der Waals surface area contributed by atoms with Crippen molar-refractivity contribution in [3.63, 3.8) is 0 Å². The van der Waals surface area contributed by atoms with Crippen molar-refractivity contribution in [3.8, 4) is 0 Å². The van der Waals surface area contributed by atoms with Gasteiger partial charge in [-0.15, -0.1) is 11.3 Å². The predicted octanol–water partition coefficient (Wildman–Crippen LogP) is 3.04. The van der Waals surface area contributed by atoms with Gasteiger partial charge in [-0.1, -0.05) is 13.8 Å². The molecule has 2 rings (SSSR count). The monoisotopic (exact) mass is 309 g/mol. The van der Waals surface area contributed by atoms with Gasteiger partial charge in [0.2, 0.25) is 5.91 Å². The third kappa shape index (κ3) is 3.64. The first-order valence-corrected chi connectivity index (χ1v) is 8.78. The summed E-state index contributed by atoms with van der Waals surface area (Å²) in [6.07, 6.45) is 6.89. The standard InChI is InChI=1S/C16H27N3OS/c1-4-13-9-18-14(21-13)12(3)19-15(20)16(10-17)7-5-11(2)6-8-16/h9,11-12H,4-8,10,17H2,1-3H3,(H,19,20). The molecule has 1 atom stereocenters. The molecule has 5 heteroatoms. The van der Waals surface area contributed by atoms with E-state index in [9.17, 15) is 4.79 Å². The zero-order valence-corrected chi connectivity index (χ0v) is 14.1. The van der Waals surface area contributed by atoms with Crippen LogP contribution in [0.15, 0.2) is 6.20 Å². The Morgan fingerprint density at radius 1 is 1.57 bits per heavy atom. The number of amides is 1. The molecular formula is C16H27N3OS. The van der Waals surface area contributed by atoms with E-state index in [1.807, 2.05) is 13.1 Å². The number of nitrogens with zero attached hydrogens (tertiary/aromatic N) is 1. The molecule has 3 N–H and O–H groups in total. The molecule has 1 saturated carbocycles. The number of thiazole rings is 1. The van der Waals surface area contributed by atoms with Crippen LogP contribution in [0, 0.1) is 11.3 Å². The Bertz CT molecular complexity index is 478. The highest BCUT2D eigenvalue weighted by Crippen LogP contribution is 2.38. The molecule has 1 aliphatic rings. The van der Waals surface area contributed by atoms with Crippen molar-refractivity contribution in [2.24, 2.45) is 17.1 Å². The molecule has 0 radical (unpaired) electrons. The molecule has 21 heavy (non-hydrogen) atoms. The van der Waals surface area contributed by atoms with Gasteiger partial charge in [-0.3, -0.25) is 4.79 Å². The number of carbonyl (C=O) groups is 1. The summed E-state index contributed by atoms with van der Waals surface area (Å²) in [5.74, 6) is 0.818. The molecule has 0 bridgehead atoms. The molecule has 1 aromatic heterocycles. The fourth-order valence-corrected chi connectivity index (χ4v) is 3.80. The van der Waals surface area contributed by atoms with Crippen molar-refractivity contribution in [1.82, 2.24) is 10.3 Å². The summed E-state index contributed by atoms with van der Waals surface area (Å²) in [6.45, 7) is 6.82. The maximum Gasteiger partial charge on any atom is 0.228 e. The van der Waals surface area contributed by atoms with Gasteiger partial charge in [0.15, 0.2) is 0 Å². The minimum Gasteiger partial charge on any atom is -0.347 e. The zero-order chi connectivity index (χ0) is 15.5. The summed E-state index contributed by atoms with van der Waals surface area (Å²) in [5.41, 5.74) is 5.58. The summed E-state index contributed by atoms with van der Waals surface area (Å²) in [5, 5.41) is 4.12. The fraction of sp³-hybridized carbons (Fsp3) is 0.750. The summed E-state index contributed by atoms with van der Waals surface area (Å²) < 4.78 is 0. The number of nitrogens with two attached hydrogens (primary N) is 1. The van der Waals surface area contributed by atoms with Crippen molar-refractivity contribution >= 4 is 17.2 Å². The highest BCUT2D eigenvalue weighted by atomic mass is 32.1. The Kier molecular flexibility index (Phi) is 5.38. The average Bonchev–Trinajstić information content (AvgIpc) is 2.97. The first-order chi connectivity index (χ1) is 10.0. The molecule has 0 aliphatic heterocycles. The van der Waals surface area contributed by atoms with Crippen molar-refractivity contribution < 1.29 is 4.79 Å². The van der Waals surface area contributed by atoms with Crippen molar-refractivity contribution in [2.75, 3.05) is 6.54 Å². The largest absolute Gasteiger partial charge is 0.347 e. The topological polar surface area (TPSA) is 68.0 Å². The number of nitrogens with one attached hydrogen (secondary N) is 1. The van der Waals surface area contributed by atoms with Crippen molar-refractivity contribution in [2.45, 2.75) is 58.9 Å². The van der Waals surface area contributed by atoms with Gasteiger partial charge in [0.05, 0.1) is 11.5 Å². The Morgan fingerprint density at radius 3 is 2.76 bits per heavy atom. The molecule has 1 aromatic rings. The average molecular weight is 309 g/mol. The summed E-state index contributed by atoms with van der Waals surface area (Å²) >= 11 is 1.68. The molecule has 1 fully saturated rings. The molecule has 1 heterocycles. The fourth-order valence-electron chi connectivity index (χ4n) is 2.94. The maximum absolute atomic E-state index is 12.7. The first-order valence-electron chi connectivity index (χ1n) is 7.96. The lowest BCUT2D eigenvalue weighted by Crippen LogP contribution is -2.48. The molecule has 118 valence electrons. The second-order valence-corrected chi connectivity index (χ2v) is 7.53. The van der Waals surface area contributed by atoms with Gasteiger partial charge < -0.3 is 11.1 Å². The molecule has 4 nitrogen and oxygen atoms in total. The van der Waals surface area contributed by atoms with Crippen molar-refractivity contribution in [3.05, 3.63) is 16.1 Å². The number of hydrogen-bond donors (Lipinski definition) is 2. The Labute approximate surface area is 131 Å². The molecule has 1 amide bonds. The van der Waals surface area contributed by atoms with Gasteiger partial charge in [-0.2, -0.15) is 0 Å². The van der Waals surface area contributed by atoms with Gasteiger partial charge in [-0.05, 0) is 44.9 Å². The van der Waals surface area contributed by atoms with Crippen LogP contribution in [0.2, 0.25) is 0 Å². The third-order valence-corrected chi connectivity index (χ3v) is 6.07. The minimum atomic E-state index is -0.369. The predicted molar refractivity (Wildman–Crippen MR) is 87.2 cm³/mol. The van der Waals surface area contributed by atoms with Crippen LogP contribution in [0.1, 0.15) is 62.4 Å². The van der Waals surface area contributed by atoms with E-state index in [4.69, 9.17) is 5.73 Å². The molecule has 0 spiro atoms. The Hall–Kier alpha value is -0.940. The Morgan fingerprint density at radius 2 is 2.24 bits per heavy atom. The van der Waals surface area contributed by atoms with Crippen LogP contribution in [-0.2, 0) is 11.2 Å². The number of aromatic nitrogens is 1. The van der Waals surface area contributed by atoms with E-state index in [1.165, 1.54) is 4.88 Å². The minimum absolute atomic E-state index is 0.0365. The smallest absolute Gasteiger partial charge is 0.228 e. The van der Waals surface area contributed by atoms with Gasteiger partial charge in [-0.25, -0.2) is 4.98 Å². The molecule has 0 saturated heterocycles. The number of carbonyl (C=O) groups excluding carboxylic acids is 1. The zero-order valence-electron chi connectivity index (χ0n) is 13.3. The van der Waals surface area contributed by atoms with E-state index in [-0.39, 0.29) is 17.4 Å². The lowest BCUT2D eigenvalue weighted by Gasteiger charge is -2.37. The van der Waals surface area contributed by atoms with Gasteiger partial charge in [0.25, 0.3) is 0 Å². The summed E-state index contributed by atoms with van der Waals surface area (Å²) in [6, 6.07) is -0.0365. The normalized spacial score (nSPS) is 27.3. The summed E-state index contributed by atoms with van der Waals surface area (Å²) in [4.78, 5) is 18.4. The highest BCUT2D eigenvalue weighted by molar-refractivity contribution is 7.11. The van der Waals surface area contributed by atoms with E-state index in [0.29, 0.717) is 12.5 Å². The SMILES string of the molecule is CCc1cnc(C(C)NC(=O)C2(CN)CCC(C)CC2)s1. The lowest BCUT2D eigenvalue weighted by molar-refractivity contribution is -0.133. The number of rotatable bonds is 5. The molecule has 0 aromatic carbocycles. The highest BCUT2D eigenvalue weighted by Gasteiger charge is 2.40. The van der Waals surface area contributed by atoms with E-state index >= 15 is 0 Å². The van der Waals surface area contributed by atoms with Crippen LogP contribution in [-0.4, -0.2) is 17.4 Å². The van der Waals surface area contributed by atoms with E-state index in [2.05, 4.69) is 24.1 Å². The molecule has 1 aliphatic carbocycles. The quantitative estimate of drug-likeness (QED) is 0.878. The van der Waals surface area contributed by atoms with Crippen LogP contribution in [0.3, 0.4) is 0 Å². The number of hydrogen-bond acceptors (Lipinski definition) is 4. The van der Waals surface area contributed by atoms with Crippen LogP contribution in [0.5, 0.6) is 0 Å². The first kappa shape index (κ1) is 16.4. The van der Waals surface area contributed by atoms with E-state index < -0.39 is 0 Å². The van der Waals surface area contributed by atoms with Gasteiger partial charge >= 0.3 is 0 Å². The van der Waals surface area contributed by atoms with Gasteiger partial charge in [0.1, 0.15) is 5.01 Å². The second-order valence-electron chi connectivity index (χ2n) is 6.38. The lowest BCUT2D eigenvalue weighted by atomic mass is 9.70. The summed E-state index contributed by atoms with van der Waals surface area (Å²) in [7, 11) is 0. The number of aryl methyl sites for hydroxylation is 1. The third-order valence-electron chi connectivity index (χ3n) is 4.74. The molecular weight excluding hydrogens is 282 g/mol. The maximum atomic E-state index is 12.7. The van der Waals surface area contributed by atoms with Crippen LogP contribution in [0.4, 0.5) is 0 Å².